The Morgan fingerprint density at radius 3 is 2.61 bits per heavy atom. The second-order valence-electron chi connectivity index (χ2n) is 5.09. The molecule has 0 spiro atoms. The molecule has 6 heteroatoms. The Hall–Kier alpha value is -2.89. The van der Waals surface area contributed by atoms with Crippen molar-refractivity contribution in [3.8, 4) is 5.75 Å². The van der Waals surface area contributed by atoms with Crippen molar-refractivity contribution >= 4 is 17.5 Å². The zero-order valence-electron chi connectivity index (χ0n) is 12.6. The standard InChI is InChI=1S/C17H17FN2O3/c1-11-9-13(5-6-15(11)18)20-17(23)16(22)19-8-7-12-3-2-4-14(21)10-12/h2-6,9-10,21H,7-8H2,1H3,(H,19,22)(H,20,23). The Morgan fingerprint density at radius 1 is 1.13 bits per heavy atom. The molecule has 0 fully saturated rings. The molecule has 0 aromatic heterocycles. The van der Waals surface area contributed by atoms with Gasteiger partial charge in [-0.1, -0.05) is 12.1 Å². The van der Waals surface area contributed by atoms with Crippen LogP contribution in [0, 0.1) is 12.7 Å². The SMILES string of the molecule is Cc1cc(NC(=O)C(=O)NCCc2cccc(O)c2)ccc1F. The van der Waals surface area contributed by atoms with Gasteiger partial charge in [-0.2, -0.15) is 0 Å². The first-order valence-corrected chi connectivity index (χ1v) is 7.09. The minimum absolute atomic E-state index is 0.151. The maximum atomic E-state index is 13.1. The van der Waals surface area contributed by atoms with E-state index in [1.807, 2.05) is 6.07 Å². The fourth-order valence-corrected chi connectivity index (χ4v) is 2.02. The van der Waals surface area contributed by atoms with E-state index in [-0.39, 0.29) is 18.1 Å². The number of benzene rings is 2. The number of anilines is 1. The van der Waals surface area contributed by atoms with Gasteiger partial charge in [0.2, 0.25) is 0 Å². The van der Waals surface area contributed by atoms with Crippen LogP contribution in [0.3, 0.4) is 0 Å². The predicted molar refractivity (Wildman–Crippen MR) is 84.6 cm³/mol. The molecule has 5 nitrogen and oxygen atoms in total. The van der Waals surface area contributed by atoms with Gasteiger partial charge in [0, 0.05) is 12.2 Å². The zero-order chi connectivity index (χ0) is 16.8. The van der Waals surface area contributed by atoms with Gasteiger partial charge in [0.1, 0.15) is 11.6 Å². The first-order chi connectivity index (χ1) is 11.0. The molecule has 2 amide bonds. The summed E-state index contributed by atoms with van der Waals surface area (Å²) in [6.45, 7) is 1.83. The van der Waals surface area contributed by atoms with Crippen molar-refractivity contribution < 1.29 is 19.1 Å². The van der Waals surface area contributed by atoms with E-state index < -0.39 is 11.8 Å². The number of hydrogen-bond acceptors (Lipinski definition) is 3. The highest BCUT2D eigenvalue weighted by Crippen LogP contribution is 2.13. The van der Waals surface area contributed by atoms with Crippen molar-refractivity contribution in [1.29, 1.82) is 0 Å². The number of phenols is 1. The third-order valence-corrected chi connectivity index (χ3v) is 3.23. The first-order valence-electron chi connectivity index (χ1n) is 7.09. The Balaban J connectivity index is 1.83. The summed E-state index contributed by atoms with van der Waals surface area (Å²) in [5.74, 6) is -1.81. The van der Waals surface area contributed by atoms with Crippen molar-refractivity contribution in [2.75, 3.05) is 11.9 Å². The number of rotatable bonds is 4. The van der Waals surface area contributed by atoms with Gasteiger partial charge < -0.3 is 15.7 Å². The van der Waals surface area contributed by atoms with Crippen molar-refractivity contribution in [2.24, 2.45) is 0 Å². The van der Waals surface area contributed by atoms with Crippen molar-refractivity contribution in [3.63, 3.8) is 0 Å². The van der Waals surface area contributed by atoms with E-state index in [0.29, 0.717) is 17.7 Å². The van der Waals surface area contributed by atoms with Gasteiger partial charge in [0.05, 0.1) is 0 Å². The van der Waals surface area contributed by atoms with Crippen LogP contribution in [0.25, 0.3) is 0 Å². The van der Waals surface area contributed by atoms with Crippen molar-refractivity contribution in [1.82, 2.24) is 5.32 Å². The fourth-order valence-electron chi connectivity index (χ4n) is 2.02. The molecule has 23 heavy (non-hydrogen) atoms. The van der Waals surface area contributed by atoms with Crippen molar-refractivity contribution in [3.05, 3.63) is 59.4 Å². The highest BCUT2D eigenvalue weighted by molar-refractivity contribution is 6.39. The average molecular weight is 316 g/mol. The molecule has 2 rings (SSSR count). The Kier molecular flexibility index (Phi) is 5.30. The molecule has 0 aliphatic heterocycles. The van der Waals surface area contributed by atoms with Gasteiger partial charge in [-0.25, -0.2) is 4.39 Å². The number of hydrogen-bond donors (Lipinski definition) is 3. The van der Waals surface area contributed by atoms with E-state index in [2.05, 4.69) is 10.6 Å². The quantitative estimate of drug-likeness (QED) is 0.756. The van der Waals surface area contributed by atoms with E-state index in [4.69, 9.17) is 0 Å². The molecule has 0 bridgehead atoms. The lowest BCUT2D eigenvalue weighted by molar-refractivity contribution is -0.136. The van der Waals surface area contributed by atoms with Gasteiger partial charge in [0.25, 0.3) is 0 Å². The molecule has 0 atom stereocenters. The summed E-state index contributed by atoms with van der Waals surface area (Å²) < 4.78 is 13.1. The third kappa shape index (κ3) is 4.81. The summed E-state index contributed by atoms with van der Waals surface area (Å²) in [7, 11) is 0. The highest BCUT2D eigenvalue weighted by Gasteiger charge is 2.13. The number of phenolic OH excluding ortho intramolecular Hbond substituents is 1. The van der Waals surface area contributed by atoms with Crippen LogP contribution in [-0.2, 0) is 16.0 Å². The lowest BCUT2D eigenvalue weighted by atomic mass is 10.1. The van der Waals surface area contributed by atoms with Crippen LogP contribution in [0.2, 0.25) is 0 Å². The number of aryl methyl sites for hydroxylation is 1. The van der Waals surface area contributed by atoms with E-state index in [0.717, 1.165) is 5.56 Å². The average Bonchev–Trinajstić information content (AvgIpc) is 2.51. The molecule has 0 aliphatic rings. The molecule has 3 N–H and O–H groups in total. The van der Waals surface area contributed by atoms with E-state index in [1.165, 1.54) is 18.2 Å². The molecule has 120 valence electrons. The normalized spacial score (nSPS) is 10.2. The maximum absolute atomic E-state index is 13.1. The van der Waals surface area contributed by atoms with Crippen LogP contribution in [0.1, 0.15) is 11.1 Å². The summed E-state index contributed by atoms with van der Waals surface area (Å²) in [5.41, 5.74) is 1.59. The van der Waals surface area contributed by atoms with E-state index in [9.17, 15) is 19.1 Å². The minimum atomic E-state index is -0.813. The summed E-state index contributed by atoms with van der Waals surface area (Å²) >= 11 is 0. The zero-order valence-corrected chi connectivity index (χ0v) is 12.6. The minimum Gasteiger partial charge on any atom is -0.508 e. The van der Waals surface area contributed by atoms with E-state index >= 15 is 0 Å². The molecular weight excluding hydrogens is 299 g/mol. The molecule has 2 aromatic rings. The molecule has 2 aromatic carbocycles. The summed E-state index contributed by atoms with van der Waals surface area (Å²) in [6, 6.07) is 10.7. The fraction of sp³-hybridized carbons (Fsp3) is 0.176. The summed E-state index contributed by atoms with van der Waals surface area (Å²) in [6.07, 6.45) is 0.489. The van der Waals surface area contributed by atoms with Crippen LogP contribution >= 0.6 is 0 Å². The molecule has 0 heterocycles. The van der Waals surface area contributed by atoms with Gasteiger partial charge >= 0.3 is 11.8 Å². The summed E-state index contributed by atoms with van der Waals surface area (Å²) in [5, 5.41) is 14.2. The van der Waals surface area contributed by atoms with Crippen molar-refractivity contribution in [2.45, 2.75) is 13.3 Å². The smallest absolute Gasteiger partial charge is 0.313 e. The summed E-state index contributed by atoms with van der Waals surface area (Å²) in [4.78, 5) is 23.5. The highest BCUT2D eigenvalue weighted by atomic mass is 19.1. The second-order valence-corrected chi connectivity index (χ2v) is 5.09. The topological polar surface area (TPSA) is 78.4 Å². The first kappa shape index (κ1) is 16.5. The lowest BCUT2D eigenvalue weighted by Gasteiger charge is -2.08. The van der Waals surface area contributed by atoms with Gasteiger partial charge in [-0.05, 0) is 54.8 Å². The molecule has 0 radical (unpaired) electrons. The molecule has 0 aliphatic carbocycles. The Labute approximate surface area is 133 Å². The maximum Gasteiger partial charge on any atom is 0.313 e. The lowest BCUT2D eigenvalue weighted by Crippen LogP contribution is -2.36. The van der Waals surface area contributed by atoms with Crippen LogP contribution in [0.15, 0.2) is 42.5 Å². The van der Waals surface area contributed by atoms with Crippen LogP contribution in [-0.4, -0.2) is 23.5 Å². The molecule has 0 saturated heterocycles. The number of carbonyl (C=O) groups excluding carboxylic acids is 2. The number of halogens is 1. The monoisotopic (exact) mass is 316 g/mol. The third-order valence-electron chi connectivity index (χ3n) is 3.23. The van der Waals surface area contributed by atoms with Crippen LogP contribution in [0.5, 0.6) is 5.75 Å². The molecule has 0 saturated carbocycles. The molecule has 0 unspecified atom stereocenters. The second kappa shape index (κ2) is 7.40. The Morgan fingerprint density at radius 2 is 1.91 bits per heavy atom. The number of amides is 2. The van der Waals surface area contributed by atoms with E-state index in [1.54, 1.807) is 25.1 Å². The van der Waals surface area contributed by atoms with Gasteiger partial charge in [-0.15, -0.1) is 0 Å². The van der Waals surface area contributed by atoms with Crippen LogP contribution in [0.4, 0.5) is 10.1 Å². The van der Waals surface area contributed by atoms with Gasteiger partial charge in [-0.3, -0.25) is 9.59 Å². The largest absolute Gasteiger partial charge is 0.508 e. The number of nitrogens with one attached hydrogen (secondary N) is 2. The molecular formula is C17H17FN2O3. The van der Waals surface area contributed by atoms with Crippen LogP contribution < -0.4 is 10.6 Å². The number of carbonyl (C=O) groups is 2. The Bertz CT molecular complexity index is 732. The number of aromatic hydroxyl groups is 1. The predicted octanol–water partition coefficient (Wildman–Crippen LogP) is 2.14. The van der Waals surface area contributed by atoms with Gasteiger partial charge in [0.15, 0.2) is 0 Å².